The van der Waals surface area contributed by atoms with Crippen LogP contribution >= 0.6 is 11.8 Å². The number of ether oxygens (including phenoxy) is 2. The molecule has 31 heavy (non-hydrogen) atoms. The second-order valence-electron chi connectivity index (χ2n) is 6.08. The molecule has 0 aliphatic rings. The molecule has 3 rings (SSSR count). The first-order valence-electron chi connectivity index (χ1n) is 8.84. The molecule has 0 saturated carbocycles. The van der Waals surface area contributed by atoms with Crippen molar-refractivity contribution in [3.63, 3.8) is 0 Å². The lowest BCUT2D eigenvalue weighted by molar-refractivity contribution is -0.387. The number of nitrogens with zero attached hydrogens (tertiary/aromatic N) is 3. The molecular formula is C20H17FN4O5S. The third-order valence-electron chi connectivity index (χ3n) is 4.10. The number of hydrogen-bond acceptors (Lipinski definition) is 8. The Bertz CT molecular complexity index is 1110. The Morgan fingerprint density at radius 2 is 1.94 bits per heavy atom. The summed E-state index contributed by atoms with van der Waals surface area (Å²) in [6.45, 7) is 0. The highest BCUT2D eigenvalue weighted by Crippen LogP contribution is 2.32. The first-order chi connectivity index (χ1) is 14.9. The van der Waals surface area contributed by atoms with Gasteiger partial charge in [-0.1, -0.05) is 11.8 Å². The fourth-order valence-electron chi connectivity index (χ4n) is 2.62. The first-order valence-corrected chi connectivity index (χ1v) is 9.82. The number of nitrogens with one attached hydrogen (secondary N) is 1. The minimum Gasteiger partial charge on any atom is -0.497 e. The molecule has 9 nitrogen and oxygen atoms in total. The largest absolute Gasteiger partial charge is 0.497 e. The van der Waals surface area contributed by atoms with Crippen molar-refractivity contribution in [3.8, 4) is 22.8 Å². The van der Waals surface area contributed by atoms with E-state index in [4.69, 9.17) is 9.47 Å². The fraction of sp³-hybridized carbons (Fsp3) is 0.150. The van der Waals surface area contributed by atoms with E-state index in [1.165, 1.54) is 6.07 Å². The number of thioether (sulfide) groups is 1. The lowest BCUT2D eigenvalue weighted by Gasteiger charge is -2.10. The van der Waals surface area contributed by atoms with Crippen molar-refractivity contribution in [1.29, 1.82) is 0 Å². The van der Waals surface area contributed by atoms with E-state index in [-0.39, 0.29) is 11.4 Å². The number of halogens is 1. The van der Waals surface area contributed by atoms with Gasteiger partial charge < -0.3 is 14.8 Å². The van der Waals surface area contributed by atoms with Crippen LogP contribution in [-0.2, 0) is 4.79 Å². The number of carbonyl (C=O) groups excluding carboxylic acids is 1. The van der Waals surface area contributed by atoms with E-state index in [1.807, 2.05) is 6.07 Å². The molecule has 0 saturated heterocycles. The zero-order valence-corrected chi connectivity index (χ0v) is 17.3. The summed E-state index contributed by atoms with van der Waals surface area (Å²) in [5, 5.41) is 22.1. The fourth-order valence-corrected chi connectivity index (χ4v) is 3.23. The normalized spacial score (nSPS) is 10.4. The van der Waals surface area contributed by atoms with Crippen LogP contribution in [0.25, 0.3) is 11.3 Å². The van der Waals surface area contributed by atoms with Gasteiger partial charge >= 0.3 is 5.69 Å². The molecule has 3 aromatic rings. The van der Waals surface area contributed by atoms with Crippen molar-refractivity contribution in [1.82, 2.24) is 10.2 Å². The SMILES string of the molecule is COc1ccc(-c2ccc(SCC(=O)Nc3ccc(F)c([N+](=O)[O-])c3)nn2)c(OC)c1. The molecule has 0 radical (unpaired) electrons. The van der Waals surface area contributed by atoms with Gasteiger partial charge in [-0.15, -0.1) is 10.2 Å². The van der Waals surface area contributed by atoms with Crippen molar-refractivity contribution in [2.75, 3.05) is 25.3 Å². The summed E-state index contributed by atoms with van der Waals surface area (Å²) in [5.41, 5.74) is 0.752. The molecule has 1 aromatic heterocycles. The number of nitro groups is 1. The van der Waals surface area contributed by atoms with E-state index in [0.717, 1.165) is 29.5 Å². The second kappa shape index (κ2) is 9.85. The van der Waals surface area contributed by atoms with Crippen molar-refractivity contribution < 1.29 is 23.6 Å². The Balaban J connectivity index is 1.63. The standard InChI is InChI=1S/C20H17FN4O5S/c1-29-13-4-5-14(18(10-13)30-2)16-7-8-20(24-23-16)31-11-19(26)22-12-3-6-15(21)17(9-12)25(27)28/h3-10H,11H2,1-2H3,(H,22,26). The molecule has 2 aromatic carbocycles. The number of anilines is 1. The third-order valence-corrected chi connectivity index (χ3v) is 5.02. The smallest absolute Gasteiger partial charge is 0.306 e. The molecule has 11 heteroatoms. The summed E-state index contributed by atoms with van der Waals surface area (Å²) in [4.78, 5) is 22.1. The quantitative estimate of drug-likeness (QED) is 0.315. The van der Waals surface area contributed by atoms with E-state index in [2.05, 4.69) is 15.5 Å². The van der Waals surface area contributed by atoms with Crippen LogP contribution in [-0.4, -0.2) is 41.0 Å². The number of nitro benzene ring substituents is 1. The number of hydrogen-bond donors (Lipinski definition) is 1. The lowest BCUT2D eigenvalue weighted by Crippen LogP contribution is -2.14. The predicted octanol–water partition coefficient (Wildman–Crippen LogP) is 3.94. The van der Waals surface area contributed by atoms with Crippen LogP contribution in [0.1, 0.15) is 0 Å². The molecule has 0 aliphatic carbocycles. The lowest BCUT2D eigenvalue weighted by atomic mass is 10.1. The molecule has 1 heterocycles. The van der Waals surface area contributed by atoms with Crippen molar-refractivity contribution >= 4 is 29.0 Å². The summed E-state index contributed by atoms with van der Waals surface area (Å²) in [6, 6.07) is 11.9. The number of rotatable bonds is 8. The van der Waals surface area contributed by atoms with Crippen LogP contribution in [0.3, 0.4) is 0 Å². The molecule has 0 spiro atoms. The van der Waals surface area contributed by atoms with E-state index < -0.39 is 22.3 Å². The molecule has 0 atom stereocenters. The second-order valence-corrected chi connectivity index (χ2v) is 7.08. The van der Waals surface area contributed by atoms with Crippen LogP contribution in [0, 0.1) is 15.9 Å². The number of benzene rings is 2. The zero-order chi connectivity index (χ0) is 22.4. The van der Waals surface area contributed by atoms with Gasteiger partial charge in [0.1, 0.15) is 16.5 Å². The van der Waals surface area contributed by atoms with E-state index in [0.29, 0.717) is 22.2 Å². The van der Waals surface area contributed by atoms with Gasteiger partial charge in [-0.05, 0) is 36.4 Å². The molecular weight excluding hydrogens is 427 g/mol. The summed E-state index contributed by atoms with van der Waals surface area (Å²) in [5.74, 6) is -0.166. The van der Waals surface area contributed by atoms with Crippen LogP contribution in [0.4, 0.5) is 15.8 Å². The molecule has 1 amide bonds. The van der Waals surface area contributed by atoms with Gasteiger partial charge in [0.15, 0.2) is 0 Å². The Morgan fingerprint density at radius 1 is 1.13 bits per heavy atom. The van der Waals surface area contributed by atoms with E-state index in [1.54, 1.807) is 38.5 Å². The van der Waals surface area contributed by atoms with Gasteiger partial charge in [0.25, 0.3) is 0 Å². The van der Waals surface area contributed by atoms with Gasteiger partial charge in [0.05, 0.1) is 30.6 Å². The van der Waals surface area contributed by atoms with Crippen molar-refractivity contribution in [3.05, 3.63) is 64.5 Å². The number of methoxy groups -OCH3 is 2. The minimum atomic E-state index is -0.971. The van der Waals surface area contributed by atoms with E-state index in [9.17, 15) is 19.3 Å². The average molecular weight is 444 g/mol. The summed E-state index contributed by atoms with van der Waals surface area (Å²) in [7, 11) is 3.11. The molecule has 0 bridgehead atoms. The van der Waals surface area contributed by atoms with Crippen LogP contribution in [0.2, 0.25) is 0 Å². The first kappa shape index (κ1) is 22.0. The summed E-state index contributed by atoms with van der Waals surface area (Å²) < 4.78 is 23.9. The molecule has 1 N–H and O–H groups in total. The highest BCUT2D eigenvalue weighted by molar-refractivity contribution is 7.99. The number of aromatic nitrogens is 2. The summed E-state index contributed by atoms with van der Waals surface area (Å²) in [6.07, 6.45) is 0. The molecule has 160 valence electrons. The molecule has 0 unspecified atom stereocenters. The maximum absolute atomic E-state index is 13.4. The minimum absolute atomic E-state index is 0.00887. The van der Waals surface area contributed by atoms with E-state index >= 15 is 0 Å². The summed E-state index contributed by atoms with van der Waals surface area (Å²) >= 11 is 1.14. The van der Waals surface area contributed by atoms with Gasteiger partial charge in [-0.25, -0.2) is 0 Å². The Morgan fingerprint density at radius 3 is 2.58 bits per heavy atom. The maximum atomic E-state index is 13.4. The van der Waals surface area contributed by atoms with Crippen LogP contribution in [0.5, 0.6) is 11.5 Å². The van der Waals surface area contributed by atoms with Gasteiger partial charge in [0.2, 0.25) is 11.7 Å². The maximum Gasteiger partial charge on any atom is 0.306 e. The Kier molecular flexibility index (Phi) is 6.98. The van der Waals surface area contributed by atoms with Gasteiger partial charge in [0, 0.05) is 23.4 Å². The van der Waals surface area contributed by atoms with Crippen molar-refractivity contribution in [2.45, 2.75) is 5.03 Å². The van der Waals surface area contributed by atoms with Crippen molar-refractivity contribution in [2.24, 2.45) is 0 Å². The monoisotopic (exact) mass is 444 g/mol. The highest BCUT2D eigenvalue weighted by Gasteiger charge is 2.16. The number of amides is 1. The molecule has 0 fully saturated rings. The highest BCUT2D eigenvalue weighted by atomic mass is 32.2. The van der Waals surface area contributed by atoms with Crippen LogP contribution in [0.15, 0.2) is 53.6 Å². The van der Waals surface area contributed by atoms with Gasteiger partial charge in [-0.3, -0.25) is 14.9 Å². The van der Waals surface area contributed by atoms with Crippen LogP contribution < -0.4 is 14.8 Å². The Hall–Kier alpha value is -3.73. The zero-order valence-electron chi connectivity index (χ0n) is 16.5. The third kappa shape index (κ3) is 5.45. The average Bonchev–Trinajstić information content (AvgIpc) is 2.78. The number of carbonyl (C=O) groups is 1. The predicted molar refractivity (Wildman–Crippen MR) is 113 cm³/mol. The van der Waals surface area contributed by atoms with Gasteiger partial charge in [-0.2, -0.15) is 4.39 Å². The topological polar surface area (TPSA) is 116 Å². The molecule has 0 aliphatic heterocycles. The Labute approximate surface area is 180 Å².